The van der Waals surface area contributed by atoms with Crippen LogP contribution in [0.4, 0.5) is 11.4 Å². The van der Waals surface area contributed by atoms with E-state index in [0.29, 0.717) is 23.0 Å². The average Bonchev–Trinajstić information content (AvgIpc) is 2.29. The van der Waals surface area contributed by atoms with Crippen LogP contribution in [0.1, 0.15) is 32.3 Å². The molecule has 0 spiro atoms. The van der Waals surface area contributed by atoms with E-state index in [1.54, 1.807) is 19.9 Å². The van der Waals surface area contributed by atoms with Gasteiger partial charge in [0, 0.05) is 28.3 Å². The third-order valence-electron chi connectivity index (χ3n) is 2.93. The Bertz CT molecular complexity index is 475. The Kier molecular flexibility index (Phi) is 5.31. The van der Waals surface area contributed by atoms with E-state index in [1.165, 1.54) is 6.07 Å². The minimum Gasteiger partial charge on any atom is -0.388 e. The number of nitro groups is 1. The van der Waals surface area contributed by atoms with Gasteiger partial charge >= 0.3 is 0 Å². The summed E-state index contributed by atoms with van der Waals surface area (Å²) in [4.78, 5) is 10.4. The molecule has 0 bridgehead atoms. The second-order valence-corrected chi connectivity index (χ2v) is 5.83. The van der Waals surface area contributed by atoms with Crippen molar-refractivity contribution in [1.29, 1.82) is 0 Å². The summed E-state index contributed by atoms with van der Waals surface area (Å²) in [7, 11) is 0. The van der Waals surface area contributed by atoms with Crippen LogP contribution in [0.3, 0.4) is 0 Å². The summed E-state index contributed by atoms with van der Waals surface area (Å²) in [5.74, 6) is 0. The van der Waals surface area contributed by atoms with Gasteiger partial charge in [-0.25, -0.2) is 0 Å². The van der Waals surface area contributed by atoms with E-state index in [2.05, 4.69) is 21.2 Å². The van der Waals surface area contributed by atoms with Crippen molar-refractivity contribution in [3.8, 4) is 0 Å². The number of rotatable bonds is 6. The van der Waals surface area contributed by atoms with Gasteiger partial charge in [-0.05, 0) is 42.3 Å². The summed E-state index contributed by atoms with van der Waals surface area (Å²) in [5, 5.41) is 24.0. The van der Waals surface area contributed by atoms with Gasteiger partial charge in [-0.15, -0.1) is 0 Å². The zero-order chi connectivity index (χ0) is 14.6. The number of nitrogens with zero attached hydrogens (tertiary/aromatic N) is 1. The van der Waals surface area contributed by atoms with Crippen LogP contribution in [-0.2, 0) is 0 Å². The highest BCUT2D eigenvalue weighted by Gasteiger charge is 2.20. The number of nitrogens with one attached hydrogen (secondary N) is 1. The molecule has 0 saturated carbocycles. The van der Waals surface area contributed by atoms with Crippen LogP contribution in [0, 0.1) is 17.0 Å². The molecular weight excluding hydrogens is 312 g/mol. The minimum absolute atomic E-state index is 0.0812. The standard InChI is InChI=1S/C13H19BrN2O3/c1-4-5-13(3,17)8-15-11-6-9(2)12(16(18)19)7-10(11)14/h6-7,15,17H,4-5,8H2,1-3H3. The predicted octanol–water partition coefficient (Wildman–Crippen LogP) is 3.63. The van der Waals surface area contributed by atoms with Crippen LogP contribution in [0.2, 0.25) is 0 Å². The first kappa shape index (κ1) is 15.9. The number of aryl methyl sites for hydroxylation is 1. The molecule has 1 rings (SSSR count). The van der Waals surface area contributed by atoms with Crippen LogP contribution >= 0.6 is 15.9 Å². The number of halogens is 1. The van der Waals surface area contributed by atoms with E-state index >= 15 is 0 Å². The molecular formula is C13H19BrN2O3. The van der Waals surface area contributed by atoms with Crippen molar-refractivity contribution < 1.29 is 10.0 Å². The fraction of sp³-hybridized carbons (Fsp3) is 0.538. The monoisotopic (exact) mass is 330 g/mol. The Morgan fingerprint density at radius 2 is 2.16 bits per heavy atom. The molecule has 0 saturated heterocycles. The first-order chi connectivity index (χ1) is 8.76. The Hall–Kier alpha value is -1.14. The van der Waals surface area contributed by atoms with Gasteiger partial charge in [0.05, 0.1) is 10.5 Å². The summed E-state index contributed by atoms with van der Waals surface area (Å²) in [6.07, 6.45) is 1.60. The molecule has 0 heterocycles. The first-order valence-electron chi connectivity index (χ1n) is 6.17. The number of benzene rings is 1. The Labute approximate surface area is 121 Å². The number of aliphatic hydroxyl groups is 1. The lowest BCUT2D eigenvalue weighted by molar-refractivity contribution is -0.385. The molecule has 106 valence electrons. The van der Waals surface area contributed by atoms with Gasteiger partial charge < -0.3 is 10.4 Å². The molecule has 0 aliphatic rings. The van der Waals surface area contributed by atoms with E-state index in [0.717, 1.165) is 12.1 Å². The summed E-state index contributed by atoms with van der Waals surface area (Å²) in [5.41, 5.74) is 0.632. The molecule has 6 heteroatoms. The van der Waals surface area contributed by atoms with Crippen molar-refractivity contribution in [2.24, 2.45) is 0 Å². The van der Waals surface area contributed by atoms with Gasteiger partial charge in [0.2, 0.25) is 0 Å². The highest BCUT2D eigenvalue weighted by molar-refractivity contribution is 9.10. The Balaban J connectivity index is 2.86. The highest BCUT2D eigenvalue weighted by atomic mass is 79.9. The van der Waals surface area contributed by atoms with Gasteiger partial charge in [0.25, 0.3) is 5.69 Å². The van der Waals surface area contributed by atoms with Crippen molar-refractivity contribution in [3.63, 3.8) is 0 Å². The van der Waals surface area contributed by atoms with Crippen LogP contribution in [0.5, 0.6) is 0 Å². The van der Waals surface area contributed by atoms with Crippen LogP contribution < -0.4 is 5.32 Å². The molecule has 1 aromatic carbocycles. The maximum absolute atomic E-state index is 10.8. The molecule has 0 radical (unpaired) electrons. The third-order valence-corrected chi connectivity index (χ3v) is 3.59. The Morgan fingerprint density at radius 3 is 2.68 bits per heavy atom. The lowest BCUT2D eigenvalue weighted by Gasteiger charge is -2.24. The fourth-order valence-corrected chi connectivity index (χ4v) is 2.39. The number of hydrogen-bond acceptors (Lipinski definition) is 4. The van der Waals surface area contributed by atoms with E-state index in [-0.39, 0.29) is 5.69 Å². The van der Waals surface area contributed by atoms with Crippen molar-refractivity contribution in [1.82, 2.24) is 0 Å². The SMILES string of the molecule is CCCC(C)(O)CNc1cc(C)c([N+](=O)[O-])cc1Br. The van der Waals surface area contributed by atoms with Crippen LogP contribution in [0.15, 0.2) is 16.6 Å². The van der Waals surface area contributed by atoms with Crippen molar-refractivity contribution >= 4 is 27.3 Å². The molecule has 0 aliphatic heterocycles. The van der Waals surface area contributed by atoms with Gasteiger partial charge in [-0.1, -0.05) is 13.3 Å². The third kappa shape index (κ3) is 4.47. The Morgan fingerprint density at radius 1 is 1.53 bits per heavy atom. The molecule has 5 nitrogen and oxygen atoms in total. The first-order valence-corrected chi connectivity index (χ1v) is 6.97. The van der Waals surface area contributed by atoms with Gasteiger partial charge in [-0.3, -0.25) is 10.1 Å². The van der Waals surface area contributed by atoms with E-state index < -0.39 is 10.5 Å². The minimum atomic E-state index is -0.788. The average molecular weight is 331 g/mol. The van der Waals surface area contributed by atoms with Gasteiger partial charge in [0.15, 0.2) is 0 Å². The summed E-state index contributed by atoms with van der Waals surface area (Å²) in [6, 6.07) is 3.19. The van der Waals surface area contributed by atoms with E-state index in [1.807, 2.05) is 6.92 Å². The maximum Gasteiger partial charge on any atom is 0.273 e. The fourth-order valence-electron chi connectivity index (χ4n) is 1.92. The molecule has 1 unspecified atom stereocenters. The number of nitro benzene ring substituents is 1. The molecule has 0 fully saturated rings. The smallest absolute Gasteiger partial charge is 0.273 e. The predicted molar refractivity (Wildman–Crippen MR) is 79.6 cm³/mol. The molecule has 0 aromatic heterocycles. The van der Waals surface area contributed by atoms with Crippen molar-refractivity contribution in [2.45, 2.75) is 39.2 Å². The van der Waals surface area contributed by atoms with Gasteiger partial charge in [-0.2, -0.15) is 0 Å². The lowest BCUT2D eigenvalue weighted by Crippen LogP contribution is -2.33. The molecule has 2 N–H and O–H groups in total. The molecule has 0 aliphatic carbocycles. The topological polar surface area (TPSA) is 75.4 Å². The number of hydrogen-bond donors (Lipinski definition) is 2. The van der Waals surface area contributed by atoms with E-state index in [9.17, 15) is 15.2 Å². The molecule has 1 aromatic rings. The van der Waals surface area contributed by atoms with E-state index in [4.69, 9.17) is 0 Å². The highest BCUT2D eigenvalue weighted by Crippen LogP contribution is 2.31. The largest absolute Gasteiger partial charge is 0.388 e. The summed E-state index contributed by atoms with van der Waals surface area (Å²) in [6.45, 7) is 5.88. The number of anilines is 1. The van der Waals surface area contributed by atoms with Crippen molar-refractivity contribution in [3.05, 3.63) is 32.3 Å². The molecule has 0 amide bonds. The molecule has 1 atom stereocenters. The second-order valence-electron chi connectivity index (χ2n) is 4.98. The second kappa shape index (κ2) is 6.34. The van der Waals surface area contributed by atoms with Gasteiger partial charge in [0.1, 0.15) is 0 Å². The van der Waals surface area contributed by atoms with Crippen molar-refractivity contribution in [2.75, 3.05) is 11.9 Å². The summed E-state index contributed by atoms with van der Waals surface area (Å²) < 4.78 is 0.622. The van der Waals surface area contributed by atoms with Crippen LogP contribution in [0.25, 0.3) is 0 Å². The zero-order valence-corrected chi connectivity index (χ0v) is 13.0. The maximum atomic E-state index is 10.8. The zero-order valence-electron chi connectivity index (χ0n) is 11.4. The lowest BCUT2D eigenvalue weighted by atomic mass is 10.0. The molecule has 19 heavy (non-hydrogen) atoms. The normalized spacial score (nSPS) is 13.9. The quantitative estimate of drug-likeness (QED) is 0.616. The summed E-state index contributed by atoms with van der Waals surface area (Å²) >= 11 is 3.31. The van der Waals surface area contributed by atoms with Crippen LogP contribution in [-0.4, -0.2) is 22.2 Å².